The molecule has 0 saturated heterocycles. The van der Waals surface area contributed by atoms with E-state index in [2.05, 4.69) is 60.4 Å². The SMILES string of the molecule is C=CC(/C=C/c1ccccc1)NCc1ccccc1. The van der Waals surface area contributed by atoms with Crippen LogP contribution in [0.4, 0.5) is 0 Å². The summed E-state index contributed by atoms with van der Waals surface area (Å²) in [7, 11) is 0. The normalized spacial score (nSPS) is 12.4. The number of benzene rings is 2. The first-order valence-corrected chi connectivity index (χ1v) is 6.51. The Bertz CT molecular complexity index is 514. The molecule has 1 atom stereocenters. The largest absolute Gasteiger partial charge is 0.303 e. The Morgan fingerprint density at radius 1 is 0.947 bits per heavy atom. The molecule has 0 aliphatic rings. The second-order valence-electron chi connectivity index (χ2n) is 4.40. The summed E-state index contributed by atoms with van der Waals surface area (Å²) in [4.78, 5) is 0. The highest BCUT2D eigenvalue weighted by atomic mass is 14.9. The lowest BCUT2D eigenvalue weighted by molar-refractivity contribution is 0.678. The molecule has 0 aliphatic carbocycles. The van der Waals surface area contributed by atoms with Crippen LogP contribution in [0.25, 0.3) is 6.08 Å². The highest BCUT2D eigenvalue weighted by Gasteiger charge is 1.98. The van der Waals surface area contributed by atoms with Gasteiger partial charge >= 0.3 is 0 Å². The van der Waals surface area contributed by atoms with Gasteiger partial charge in [0.15, 0.2) is 0 Å². The monoisotopic (exact) mass is 249 g/mol. The van der Waals surface area contributed by atoms with Crippen LogP contribution in [0.15, 0.2) is 79.4 Å². The van der Waals surface area contributed by atoms with Gasteiger partial charge < -0.3 is 5.32 Å². The van der Waals surface area contributed by atoms with Crippen molar-refractivity contribution in [3.8, 4) is 0 Å². The van der Waals surface area contributed by atoms with E-state index in [9.17, 15) is 0 Å². The van der Waals surface area contributed by atoms with Gasteiger partial charge in [-0.05, 0) is 11.1 Å². The summed E-state index contributed by atoms with van der Waals surface area (Å²) in [6.45, 7) is 4.72. The van der Waals surface area contributed by atoms with E-state index in [0.717, 1.165) is 6.54 Å². The fraction of sp³-hybridized carbons (Fsp3) is 0.111. The maximum atomic E-state index is 3.87. The lowest BCUT2D eigenvalue weighted by Gasteiger charge is -2.10. The minimum atomic E-state index is 0.181. The first-order chi connectivity index (χ1) is 9.38. The third-order valence-corrected chi connectivity index (χ3v) is 2.93. The Morgan fingerprint density at radius 2 is 1.58 bits per heavy atom. The Labute approximate surface area is 115 Å². The summed E-state index contributed by atoms with van der Waals surface area (Å²) >= 11 is 0. The van der Waals surface area contributed by atoms with Crippen molar-refractivity contribution in [2.75, 3.05) is 0 Å². The summed E-state index contributed by atoms with van der Waals surface area (Å²) in [6.07, 6.45) is 6.16. The lowest BCUT2D eigenvalue weighted by atomic mass is 10.1. The maximum Gasteiger partial charge on any atom is 0.0438 e. The van der Waals surface area contributed by atoms with E-state index in [1.54, 1.807) is 0 Å². The molecule has 0 aromatic heterocycles. The van der Waals surface area contributed by atoms with Crippen LogP contribution in [0.5, 0.6) is 0 Å². The van der Waals surface area contributed by atoms with Crippen molar-refractivity contribution in [2.45, 2.75) is 12.6 Å². The summed E-state index contributed by atoms with van der Waals surface area (Å²) < 4.78 is 0. The molecule has 0 radical (unpaired) electrons. The van der Waals surface area contributed by atoms with Gasteiger partial charge in [-0.15, -0.1) is 6.58 Å². The van der Waals surface area contributed by atoms with Crippen molar-refractivity contribution in [3.63, 3.8) is 0 Å². The second-order valence-corrected chi connectivity index (χ2v) is 4.40. The van der Waals surface area contributed by atoms with Gasteiger partial charge in [0.1, 0.15) is 0 Å². The van der Waals surface area contributed by atoms with E-state index < -0.39 is 0 Å². The van der Waals surface area contributed by atoms with E-state index >= 15 is 0 Å². The fourth-order valence-corrected chi connectivity index (χ4v) is 1.84. The van der Waals surface area contributed by atoms with Crippen molar-refractivity contribution in [1.82, 2.24) is 5.32 Å². The Balaban J connectivity index is 1.90. The van der Waals surface area contributed by atoms with Crippen molar-refractivity contribution < 1.29 is 0 Å². The van der Waals surface area contributed by atoms with Crippen LogP contribution in [0, 0.1) is 0 Å². The van der Waals surface area contributed by atoms with Crippen LogP contribution in [-0.2, 0) is 6.54 Å². The topological polar surface area (TPSA) is 12.0 Å². The van der Waals surface area contributed by atoms with Crippen molar-refractivity contribution in [3.05, 3.63) is 90.5 Å². The van der Waals surface area contributed by atoms with Gasteiger partial charge in [-0.25, -0.2) is 0 Å². The average molecular weight is 249 g/mol. The molecule has 1 unspecified atom stereocenters. The quantitative estimate of drug-likeness (QED) is 0.762. The molecule has 0 aliphatic heterocycles. The van der Waals surface area contributed by atoms with Crippen molar-refractivity contribution in [1.29, 1.82) is 0 Å². The van der Waals surface area contributed by atoms with Crippen LogP contribution in [0.3, 0.4) is 0 Å². The smallest absolute Gasteiger partial charge is 0.0438 e. The van der Waals surface area contributed by atoms with Gasteiger partial charge in [-0.3, -0.25) is 0 Å². The molecule has 1 N–H and O–H groups in total. The second kappa shape index (κ2) is 7.34. The molecule has 2 aromatic rings. The van der Waals surface area contributed by atoms with Crippen LogP contribution in [0.1, 0.15) is 11.1 Å². The molecule has 0 spiro atoms. The first kappa shape index (κ1) is 13.3. The minimum Gasteiger partial charge on any atom is -0.303 e. The molecule has 96 valence electrons. The van der Waals surface area contributed by atoms with E-state index in [-0.39, 0.29) is 6.04 Å². The Morgan fingerprint density at radius 3 is 2.21 bits per heavy atom. The number of rotatable bonds is 6. The maximum absolute atomic E-state index is 3.87. The summed E-state index contributed by atoms with van der Waals surface area (Å²) in [5, 5.41) is 3.45. The van der Waals surface area contributed by atoms with Crippen LogP contribution in [-0.4, -0.2) is 6.04 Å². The standard InChI is InChI=1S/C18H19N/c1-2-18(14-13-16-9-5-3-6-10-16)19-15-17-11-7-4-8-12-17/h2-14,18-19H,1,15H2/b14-13+. The van der Waals surface area contributed by atoms with Gasteiger partial charge in [0.05, 0.1) is 0 Å². The molecule has 0 amide bonds. The van der Waals surface area contributed by atoms with Gasteiger partial charge in [-0.2, -0.15) is 0 Å². The summed E-state index contributed by atoms with van der Waals surface area (Å²) in [6, 6.07) is 20.9. The zero-order valence-corrected chi connectivity index (χ0v) is 11.0. The van der Waals surface area contributed by atoms with E-state index in [0.29, 0.717) is 0 Å². The van der Waals surface area contributed by atoms with E-state index in [1.807, 2.05) is 30.3 Å². The zero-order valence-electron chi connectivity index (χ0n) is 11.0. The average Bonchev–Trinajstić information content (AvgIpc) is 2.49. The van der Waals surface area contributed by atoms with Crippen LogP contribution >= 0.6 is 0 Å². The predicted octanol–water partition coefficient (Wildman–Crippen LogP) is 4.04. The van der Waals surface area contributed by atoms with Gasteiger partial charge in [-0.1, -0.05) is 78.9 Å². The van der Waals surface area contributed by atoms with Crippen molar-refractivity contribution in [2.24, 2.45) is 0 Å². The Hall–Kier alpha value is -2.12. The zero-order chi connectivity index (χ0) is 13.3. The van der Waals surface area contributed by atoms with Gasteiger partial charge in [0.2, 0.25) is 0 Å². The third kappa shape index (κ3) is 4.57. The first-order valence-electron chi connectivity index (χ1n) is 6.51. The molecule has 1 heteroatoms. The van der Waals surface area contributed by atoms with Crippen LogP contribution < -0.4 is 5.32 Å². The fourth-order valence-electron chi connectivity index (χ4n) is 1.84. The molecule has 0 saturated carbocycles. The minimum absolute atomic E-state index is 0.181. The molecular weight excluding hydrogens is 230 g/mol. The predicted molar refractivity (Wildman–Crippen MR) is 82.7 cm³/mol. The number of hydrogen-bond acceptors (Lipinski definition) is 1. The van der Waals surface area contributed by atoms with E-state index in [4.69, 9.17) is 0 Å². The molecule has 0 bridgehead atoms. The number of nitrogens with one attached hydrogen (secondary N) is 1. The highest BCUT2D eigenvalue weighted by Crippen LogP contribution is 2.04. The molecule has 0 fully saturated rings. The molecular formula is C18H19N. The summed E-state index contributed by atoms with van der Waals surface area (Å²) in [5.41, 5.74) is 2.48. The summed E-state index contributed by atoms with van der Waals surface area (Å²) in [5.74, 6) is 0. The van der Waals surface area contributed by atoms with Gasteiger partial charge in [0, 0.05) is 12.6 Å². The molecule has 19 heavy (non-hydrogen) atoms. The van der Waals surface area contributed by atoms with Crippen molar-refractivity contribution >= 4 is 6.08 Å². The van der Waals surface area contributed by atoms with Gasteiger partial charge in [0.25, 0.3) is 0 Å². The number of hydrogen-bond donors (Lipinski definition) is 1. The lowest BCUT2D eigenvalue weighted by Crippen LogP contribution is -2.24. The molecule has 1 nitrogen and oxygen atoms in total. The molecule has 2 aromatic carbocycles. The van der Waals surface area contributed by atoms with E-state index in [1.165, 1.54) is 11.1 Å². The third-order valence-electron chi connectivity index (χ3n) is 2.93. The Kier molecular flexibility index (Phi) is 5.15. The molecule has 0 heterocycles. The van der Waals surface area contributed by atoms with Crippen LogP contribution in [0.2, 0.25) is 0 Å². The highest BCUT2D eigenvalue weighted by molar-refractivity contribution is 5.50. The molecule has 2 rings (SSSR count).